The van der Waals surface area contributed by atoms with Gasteiger partial charge in [0.2, 0.25) is 0 Å². The Morgan fingerprint density at radius 2 is 1.79 bits per heavy atom. The summed E-state index contributed by atoms with van der Waals surface area (Å²) in [5.74, 6) is 0.762. The minimum Gasteiger partial charge on any atom is -0.484 e. The average Bonchev–Trinajstić information content (AvgIpc) is 2.49. The largest absolute Gasteiger partial charge is 0.484 e. The smallest absolute Gasteiger partial charge is 0.164 e. The summed E-state index contributed by atoms with van der Waals surface area (Å²) in [4.78, 5) is 8.10. The molecular weight excluding hydrogens is 178 g/mol. The van der Waals surface area contributed by atoms with Crippen LogP contribution >= 0.6 is 0 Å². The van der Waals surface area contributed by atoms with Gasteiger partial charge in [0, 0.05) is 0 Å². The van der Waals surface area contributed by atoms with E-state index >= 15 is 0 Å². The lowest BCUT2D eigenvalue weighted by Crippen LogP contribution is -2.23. The molecule has 0 spiro atoms. The maximum absolute atomic E-state index is 5.75. The van der Waals surface area contributed by atoms with E-state index in [9.17, 15) is 0 Å². The lowest BCUT2D eigenvalue weighted by atomic mass is 10.2. The van der Waals surface area contributed by atoms with Crippen LogP contribution in [0.5, 0.6) is 5.75 Å². The molecule has 0 N–H and O–H groups in total. The molecule has 2 rings (SSSR count). The van der Waals surface area contributed by atoms with E-state index in [1.807, 2.05) is 25.2 Å². The number of nitrogens with zero attached hydrogens (tertiary/aromatic N) is 3. The zero-order valence-corrected chi connectivity index (χ0v) is 8.56. The number of fused-ring (bicyclic) bond motifs is 1. The SMILES string of the molecule is CC(C)(C)Oc1cncn2cncc12. The van der Waals surface area contributed by atoms with Gasteiger partial charge in [-0.3, -0.25) is 4.40 Å². The maximum Gasteiger partial charge on any atom is 0.164 e. The molecule has 0 saturated heterocycles. The monoisotopic (exact) mass is 191 g/mol. The normalized spacial score (nSPS) is 11.9. The van der Waals surface area contributed by atoms with E-state index in [2.05, 4.69) is 9.97 Å². The van der Waals surface area contributed by atoms with E-state index in [4.69, 9.17) is 4.74 Å². The van der Waals surface area contributed by atoms with E-state index in [1.165, 1.54) is 0 Å². The van der Waals surface area contributed by atoms with E-state index in [-0.39, 0.29) is 5.60 Å². The highest BCUT2D eigenvalue weighted by molar-refractivity contribution is 5.57. The highest BCUT2D eigenvalue weighted by Crippen LogP contribution is 2.22. The van der Waals surface area contributed by atoms with Crippen molar-refractivity contribution in [3.05, 3.63) is 25.0 Å². The summed E-state index contributed by atoms with van der Waals surface area (Å²) in [6.45, 7) is 6.02. The zero-order valence-electron chi connectivity index (χ0n) is 8.56. The van der Waals surface area contributed by atoms with Crippen molar-refractivity contribution in [3.8, 4) is 5.75 Å². The third-order valence-corrected chi connectivity index (χ3v) is 1.72. The van der Waals surface area contributed by atoms with Crippen molar-refractivity contribution in [2.24, 2.45) is 0 Å². The third-order valence-electron chi connectivity index (χ3n) is 1.72. The highest BCUT2D eigenvalue weighted by atomic mass is 16.5. The molecule has 2 heterocycles. The number of rotatable bonds is 1. The molecule has 14 heavy (non-hydrogen) atoms. The first kappa shape index (κ1) is 8.99. The molecule has 2 aromatic heterocycles. The number of hydrogen-bond donors (Lipinski definition) is 0. The fourth-order valence-corrected chi connectivity index (χ4v) is 1.23. The molecule has 0 aromatic carbocycles. The second-order valence-electron chi connectivity index (χ2n) is 4.16. The van der Waals surface area contributed by atoms with Crippen LogP contribution < -0.4 is 4.74 Å². The van der Waals surface area contributed by atoms with Crippen LogP contribution in [0.1, 0.15) is 20.8 Å². The van der Waals surface area contributed by atoms with Crippen molar-refractivity contribution in [2.45, 2.75) is 26.4 Å². The Morgan fingerprint density at radius 3 is 2.43 bits per heavy atom. The molecule has 0 fully saturated rings. The maximum atomic E-state index is 5.75. The minimum atomic E-state index is -0.214. The van der Waals surface area contributed by atoms with Gasteiger partial charge in [-0.25, -0.2) is 9.97 Å². The fourth-order valence-electron chi connectivity index (χ4n) is 1.23. The molecular formula is C10H13N3O. The van der Waals surface area contributed by atoms with Crippen molar-refractivity contribution in [3.63, 3.8) is 0 Å². The fraction of sp³-hybridized carbons (Fsp3) is 0.400. The Bertz CT molecular complexity index is 442. The predicted octanol–water partition coefficient (Wildman–Crippen LogP) is 1.91. The second kappa shape index (κ2) is 2.97. The van der Waals surface area contributed by atoms with E-state index < -0.39 is 0 Å². The quantitative estimate of drug-likeness (QED) is 0.691. The van der Waals surface area contributed by atoms with Gasteiger partial charge in [-0.15, -0.1) is 0 Å². The van der Waals surface area contributed by atoms with Crippen LogP contribution in [0.2, 0.25) is 0 Å². The van der Waals surface area contributed by atoms with Gasteiger partial charge >= 0.3 is 0 Å². The molecule has 0 saturated carbocycles. The van der Waals surface area contributed by atoms with Crippen LogP contribution in [0.4, 0.5) is 0 Å². The van der Waals surface area contributed by atoms with E-state index in [1.54, 1.807) is 25.0 Å². The van der Waals surface area contributed by atoms with Gasteiger partial charge in [-0.2, -0.15) is 0 Å². The first-order valence-corrected chi connectivity index (χ1v) is 4.51. The molecule has 0 bridgehead atoms. The molecule has 0 aliphatic carbocycles. The summed E-state index contributed by atoms with van der Waals surface area (Å²) in [7, 11) is 0. The summed E-state index contributed by atoms with van der Waals surface area (Å²) in [5, 5.41) is 0. The molecule has 4 heteroatoms. The Hall–Kier alpha value is -1.58. The van der Waals surface area contributed by atoms with Gasteiger partial charge in [0.05, 0.1) is 12.4 Å². The number of imidazole rings is 1. The van der Waals surface area contributed by atoms with Crippen LogP contribution in [0.15, 0.2) is 25.0 Å². The number of hydrogen-bond acceptors (Lipinski definition) is 3. The Balaban J connectivity index is 2.46. The van der Waals surface area contributed by atoms with Crippen LogP contribution in [-0.2, 0) is 0 Å². The summed E-state index contributed by atoms with van der Waals surface area (Å²) >= 11 is 0. The molecule has 0 amide bonds. The Kier molecular flexibility index (Phi) is 1.91. The second-order valence-corrected chi connectivity index (χ2v) is 4.16. The van der Waals surface area contributed by atoms with Crippen molar-refractivity contribution in [2.75, 3.05) is 0 Å². The molecule has 74 valence electrons. The summed E-state index contributed by atoms with van der Waals surface area (Å²) in [6.07, 6.45) is 6.89. The van der Waals surface area contributed by atoms with Crippen LogP contribution in [0.25, 0.3) is 5.52 Å². The topological polar surface area (TPSA) is 39.4 Å². The highest BCUT2D eigenvalue weighted by Gasteiger charge is 2.14. The van der Waals surface area contributed by atoms with Crippen molar-refractivity contribution >= 4 is 5.52 Å². The zero-order chi connectivity index (χ0) is 10.2. The Labute approximate surface area is 82.6 Å². The molecule has 0 atom stereocenters. The Morgan fingerprint density at radius 1 is 1.14 bits per heavy atom. The molecule has 0 unspecified atom stereocenters. The standard InChI is InChI=1S/C10H13N3O/c1-10(2,3)14-9-5-12-7-13-6-11-4-8(9)13/h4-7H,1-3H3. The van der Waals surface area contributed by atoms with Crippen LogP contribution in [0, 0.1) is 0 Å². The first-order valence-electron chi connectivity index (χ1n) is 4.51. The van der Waals surface area contributed by atoms with Gasteiger partial charge in [-0.05, 0) is 20.8 Å². The van der Waals surface area contributed by atoms with Gasteiger partial charge in [0.15, 0.2) is 5.75 Å². The molecule has 0 radical (unpaired) electrons. The third kappa shape index (κ3) is 1.69. The van der Waals surface area contributed by atoms with Gasteiger partial charge < -0.3 is 4.74 Å². The van der Waals surface area contributed by atoms with Crippen molar-refractivity contribution in [1.29, 1.82) is 0 Å². The summed E-state index contributed by atoms with van der Waals surface area (Å²) in [5.41, 5.74) is 0.725. The first-order chi connectivity index (χ1) is 6.56. The van der Waals surface area contributed by atoms with Crippen molar-refractivity contribution in [1.82, 2.24) is 14.4 Å². The lowest BCUT2D eigenvalue weighted by Gasteiger charge is -2.21. The molecule has 0 aliphatic heterocycles. The summed E-state index contributed by atoms with van der Waals surface area (Å²) in [6, 6.07) is 0. The van der Waals surface area contributed by atoms with E-state index in [0.29, 0.717) is 0 Å². The van der Waals surface area contributed by atoms with Gasteiger partial charge in [0.25, 0.3) is 0 Å². The minimum absolute atomic E-state index is 0.214. The van der Waals surface area contributed by atoms with Gasteiger partial charge in [0.1, 0.15) is 23.8 Å². The number of ether oxygens (including phenoxy) is 1. The molecule has 2 aromatic rings. The van der Waals surface area contributed by atoms with E-state index in [0.717, 1.165) is 11.3 Å². The summed E-state index contributed by atoms with van der Waals surface area (Å²) < 4.78 is 7.58. The average molecular weight is 191 g/mol. The lowest BCUT2D eigenvalue weighted by molar-refractivity contribution is 0.132. The number of aromatic nitrogens is 3. The van der Waals surface area contributed by atoms with Crippen molar-refractivity contribution < 1.29 is 4.74 Å². The predicted molar refractivity (Wildman–Crippen MR) is 53.4 cm³/mol. The van der Waals surface area contributed by atoms with Crippen LogP contribution in [0.3, 0.4) is 0 Å². The van der Waals surface area contributed by atoms with Gasteiger partial charge in [-0.1, -0.05) is 0 Å². The molecule has 0 aliphatic rings. The molecule has 4 nitrogen and oxygen atoms in total. The van der Waals surface area contributed by atoms with Crippen LogP contribution in [-0.4, -0.2) is 20.0 Å².